The SMILES string of the molecule is CC.NC(=O)c1cn2c(n1)-c1cc(Br)c(F)cc1OCC2. The van der Waals surface area contributed by atoms with Gasteiger partial charge >= 0.3 is 0 Å². The average Bonchev–Trinajstić information content (AvgIpc) is 2.82. The van der Waals surface area contributed by atoms with Crippen LogP contribution in [0.4, 0.5) is 4.39 Å². The van der Waals surface area contributed by atoms with Crippen LogP contribution in [0.25, 0.3) is 11.4 Å². The second-order valence-electron chi connectivity index (χ2n) is 4.12. The molecule has 1 aliphatic heterocycles. The van der Waals surface area contributed by atoms with Gasteiger partial charge < -0.3 is 15.0 Å². The Balaban J connectivity index is 0.000000774. The molecule has 0 saturated heterocycles. The van der Waals surface area contributed by atoms with Crippen molar-refractivity contribution in [1.29, 1.82) is 0 Å². The zero-order valence-corrected chi connectivity index (χ0v) is 13.3. The molecule has 0 unspecified atom stereocenters. The summed E-state index contributed by atoms with van der Waals surface area (Å²) in [4.78, 5) is 15.4. The molecule has 0 fully saturated rings. The monoisotopic (exact) mass is 355 g/mol. The number of nitrogens with two attached hydrogens (primary N) is 1. The normalized spacial score (nSPS) is 12.2. The lowest BCUT2D eigenvalue weighted by molar-refractivity contribution is 0.0996. The minimum Gasteiger partial charge on any atom is -0.491 e. The summed E-state index contributed by atoms with van der Waals surface area (Å²) in [5, 5.41) is 0. The highest BCUT2D eigenvalue weighted by Gasteiger charge is 2.21. The summed E-state index contributed by atoms with van der Waals surface area (Å²) in [5.74, 6) is -0.0545. The van der Waals surface area contributed by atoms with Crippen LogP contribution >= 0.6 is 15.9 Å². The van der Waals surface area contributed by atoms with Gasteiger partial charge in [0.1, 0.15) is 29.7 Å². The molecule has 2 aromatic rings. The van der Waals surface area contributed by atoms with Gasteiger partial charge in [-0.1, -0.05) is 13.8 Å². The van der Waals surface area contributed by atoms with E-state index in [1.54, 1.807) is 16.8 Å². The number of ether oxygens (including phenoxy) is 1. The number of carbonyl (C=O) groups excluding carboxylic acids is 1. The molecule has 0 aliphatic carbocycles. The largest absolute Gasteiger partial charge is 0.491 e. The fourth-order valence-electron chi connectivity index (χ4n) is 2.00. The Kier molecular flexibility index (Phi) is 4.62. The van der Waals surface area contributed by atoms with Crippen LogP contribution in [-0.4, -0.2) is 22.1 Å². The van der Waals surface area contributed by atoms with Gasteiger partial charge in [-0.25, -0.2) is 9.37 Å². The molecule has 0 bridgehead atoms. The zero-order valence-electron chi connectivity index (χ0n) is 11.7. The Bertz CT molecular complexity index is 685. The van der Waals surface area contributed by atoms with Crippen LogP contribution in [-0.2, 0) is 6.54 Å². The Hall–Kier alpha value is -1.89. The Morgan fingerprint density at radius 1 is 1.48 bits per heavy atom. The molecule has 112 valence electrons. The number of amides is 1. The summed E-state index contributed by atoms with van der Waals surface area (Å²) in [6.45, 7) is 4.89. The summed E-state index contributed by atoms with van der Waals surface area (Å²) in [6, 6.07) is 2.88. The fourth-order valence-corrected chi connectivity index (χ4v) is 2.34. The topological polar surface area (TPSA) is 70.1 Å². The van der Waals surface area contributed by atoms with Crippen molar-refractivity contribution in [3.05, 3.63) is 34.3 Å². The first kappa shape index (κ1) is 15.5. The second-order valence-corrected chi connectivity index (χ2v) is 4.97. The zero-order chi connectivity index (χ0) is 15.6. The molecule has 2 N–H and O–H groups in total. The van der Waals surface area contributed by atoms with Crippen LogP contribution in [0.3, 0.4) is 0 Å². The second kappa shape index (κ2) is 6.26. The highest BCUT2D eigenvalue weighted by atomic mass is 79.9. The summed E-state index contributed by atoms with van der Waals surface area (Å²) in [7, 11) is 0. The summed E-state index contributed by atoms with van der Waals surface area (Å²) >= 11 is 3.13. The van der Waals surface area contributed by atoms with E-state index in [2.05, 4.69) is 20.9 Å². The van der Waals surface area contributed by atoms with Crippen LogP contribution in [0.1, 0.15) is 24.3 Å². The van der Waals surface area contributed by atoms with Gasteiger partial charge in [0.25, 0.3) is 5.91 Å². The molecule has 0 spiro atoms. The molecule has 5 nitrogen and oxygen atoms in total. The number of primary amides is 1. The molecule has 1 aliphatic rings. The number of rotatable bonds is 1. The molecule has 21 heavy (non-hydrogen) atoms. The van der Waals surface area contributed by atoms with Gasteiger partial charge in [-0.15, -0.1) is 0 Å². The number of carbonyl (C=O) groups is 1. The number of nitrogens with zero attached hydrogens (tertiary/aromatic N) is 2. The number of imidazole rings is 1. The first-order valence-electron chi connectivity index (χ1n) is 6.55. The van der Waals surface area contributed by atoms with Crippen LogP contribution in [0.2, 0.25) is 0 Å². The van der Waals surface area contributed by atoms with Crippen molar-refractivity contribution in [1.82, 2.24) is 9.55 Å². The average molecular weight is 356 g/mol. The number of fused-ring (bicyclic) bond motifs is 3. The van der Waals surface area contributed by atoms with Crippen LogP contribution in [0, 0.1) is 5.82 Å². The predicted molar refractivity (Wildman–Crippen MR) is 80.7 cm³/mol. The van der Waals surface area contributed by atoms with Crippen molar-refractivity contribution in [3.63, 3.8) is 0 Å². The van der Waals surface area contributed by atoms with E-state index in [-0.39, 0.29) is 5.69 Å². The lowest BCUT2D eigenvalue weighted by Crippen LogP contribution is -2.11. The Labute approximate surface area is 130 Å². The van der Waals surface area contributed by atoms with Crippen molar-refractivity contribution in [2.45, 2.75) is 20.4 Å². The summed E-state index contributed by atoms with van der Waals surface area (Å²) < 4.78 is 21.1. The van der Waals surface area contributed by atoms with Gasteiger partial charge in [0.2, 0.25) is 0 Å². The quantitative estimate of drug-likeness (QED) is 0.854. The Morgan fingerprint density at radius 2 is 2.19 bits per heavy atom. The van der Waals surface area contributed by atoms with Crippen LogP contribution in [0.15, 0.2) is 22.8 Å². The number of aromatic nitrogens is 2. The van der Waals surface area contributed by atoms with Crippen molar-refractivity contribution >= 4 is 21.8 Å². The lowest BCUT2D eigenvalue weighted by atomic mass is 10.2. The van der Waals surface area contributed by atoms with E-state index in [9.17, 15) is 9.18 Å². The molecule has 2 heterocycles. The Morgan fingerprint density at radius 3 is 2.86 bits per heavy atom. The number of benzene rings is 1. The van der Waals surface area contributed by atoms with E-state index in [4.69, 9.17) is 10.5 Å². The lowest BCUT2D eigenvalue weighted by Gasteiger charge is -2.07. The van der Waals surface area contributed by atoms with E-state index < -0.39 is 11.7 Å². The standard InChI is InChI=1S/C12H9BrFN3O2.C2H6/c13-7-3-6-10(4-8(7)14)19-2-1-17-5-9(11(15)18)16-12(6)17;1-2/h3-5H,1-2H2,(H2,15,18);1-2H3. The van der Waals surface area contributed by atoms with Gasteiger partial charge in [-0.05, 0) is 22.0 Å². The van der Waals surface area contributed by atoms with Crippen LogP contribution < -0.4 is 10.5 Å². The summed E-state index contributed by atoms with van der Waals surface area (Å²) in [5.41, 5.74) is 6.03. The summed E-state index contributed by atoms with van der Waals surface area (Å²) in [6.07, 6.45) is 1.58. The highest BCUT2D eigenvalue weighted by Crippen LogP contribution is 2.35. The molecule has 0 atom stereocenters. The molecule has 1 aromatic heterocycles. The molecule has 0 radical (unpaired) electrons. The fraction of sp³-hybridized carbons (Fsp3) is 0.286. The third-order valence-corrected chi connectivity index (χ3v) is 3.49. The molecule has 0 saturated carbocycles. The van der Waals surface area contributed by atoms with E-state index >= 15 is 0 Å². The van der Waals surface area contributed by atoms with Gasteiger partial charge in [0.05, 0.1) is 16.6 Å². The third-order valence-electron chi connectivity index (χ3n) is 2.88. The molecule has 1 aromatic carbocycles. The third kappa shape index (κ3) is 2.92. The van der Waals surface area contributed by atoms with Crippen molar-refractivity contribution in [2.24, 2.45) is 5.73 Å². The molecular formula is C14H15BrFN3O2. The minimum absolute atomic E-state index is 0.184. The first-order chi connectivity index (χ1) is 10.1. The smallest absolute Gasteiger partial charge is 0.268 e. The molecule has 1 amide bonds. The van der Waals surface area contributed by atoms with Crippen molar-refractivity contribution in [2.75, 3.05) is 6.61 Å². The maximum atomic E-state index is 13.5. The molecular weight excluding hydrogens is 341 g/mol. The minimum atomic E-state index is -0.593. The van der Waals surface area contributed by atoms with Gasteiger partial charge in [-0.3, -0.25) is 4.79 Å². The first-order valence-corrected chi connectivity index (χ1v) is 7.35. The number of hydrogen-bond acceptors (Lipinski definition) is 3. The van der Waals surface area contributed by atoms with Gasteiger partial charge in [0, 0.05) is 12.3 Å². The molecule has 7 heteroatoms. The highest BCUT2D eigenvalue weighted by molar-refractivity contribution is 9.10. The maximum absolute atomic E-state index is 13.5. The predicted octanol–water partition coefficient (Wildman–Crippen LogP) is 2.97. The van der Waals surface area contributed by atoms with Gasteiger partial charge in [0.15, 0.2) is 0 Å². The number of halogens is 2. The van der Waals surface area contributed by atoms with Crippen molar-refractivity contribution in [3.8, 4) is 17.1 Å². The van der Waals surface area contributed by atoms with E-state index in [1.165, 1.54) is 6.07 Å². The van der Waals surface area contributed by atoms with E-state index in [0.29, 0.717) is 34.8 Å². The maximum Gasteiger partial charge on any atom is 0.268 e. The van der Waals surface area contributed by atoms with Crippen molar-refractivity contribution < 1.29 is 13.9 Å². The van der Waals surface area contributed by atoms with Crippen LogP contribution in [0.5, 0.6) is 5.75 Å². The van der Waals surface area contributed by atoms with E-state index in [1.807, 2.05) is 13.8 Å². The van der Waals surface area contributed by atoms with E-state index in [0.717, 1.165) is 0 Å². The number of hydrogen-bond donors (Lipinski definition) is 1. The van der Waals surface area contributed by atoms with Gasteiger partial charge in [-0.2, -0.15) is 0 Å². The molecule has 3 rings (SSSR count).